The van der Waals surface area contributed by atoms with E-state index in [1.165, 1.54) is 12.1 Å². The third kappa shape index (κ3) is 5.02. The van der Waals surface area contributed by atoms with Crippen LogP contribution in [0.1, 0.15) is 73.0 Å². The second-order valence-electron chi connectivity index (χ2n) is 12.3. The molecule has 1 aliphatic carbocycles. The van der Waals surface area contributed by atoms with E-state index in [9.17, 15) is 14.0 Å². The second-order valence-corrected chi connectivity index (χ2v) is 12.3. The average molecular weight is 585 g/mol. The van der Waals surface area contributed by atoms with Crippen LogP contribution in [0.4, 0.5) is 10.1 Å². The summed E-state index contributed by atoms with van der Waals surface area (Å²) in [6, 6.07) is 9.86. The largest absolute Gasteiger partial charge is 0.493 e. The van der Waals surface area contributed by atoms with Crippen LogP contribution in [0.25, 0.3) is 11.3 Å². The summed E-state index contributed by atoms with van der Waals surface area (Å²) in [6.07, 6.45) is 4.98. The molecular formula is C33H37FN6O3. The van der Waals surface area contributed by atoms with E-state index in [1.54, 1.807) is 29.2 Å². The summed E-state index contributed by atoms with van der Waals surface area (Å²) < 4.78 is 23.8. The lowest BCUT2D eigenvalue weighted by Gasteiger charge is -2.40. The Kier molecular flexibility index (Phi) is 7.18. The van der Waals surface area contributed by atoms with Gasteiger partial charge in [0.15, 0.2) is 5.78 Å². The number of fused-ring (bicyclic) bond motifs is 1. The fourth-order valence-electron chi connectivity index (χ4n) is 6.69. The molecule has 224 valence electrons. The molecule has 0 bridgehead atoms. The highest BCUT2D eigenvalue weighted by molar-refractivity contribution is 6.02. The van der Waals surface area contributed by atoms with E-state index in [-0.39, 0.29) is 29.1 Å². The van der Waals surface area contributed by atoms with E-state index >= 15 is 0 Å². The summed E-state index contributed by atoms with van der Waals surface area (Å²) in [5, 5.41) is 11.9. The first kappa shape index (κ1) is 28.8. The van der Waals surface area contributed by atoms with Gasteiger partial charge in [-0.3, -0.25) is 23.9 Å². The average Bonchev–Trinajstić information content (AvgIpc) is 3.46. The first-order chi connectivity index (χ1) is 20.5. The fraction of sp³-hybridized carbons (Fsp3) is 0.424. The number of benzene rings is 1. The highest BCUT2D eigenvalue weighted by Crippen LogP contribution is 2.63. The Morgan fingerprint density at radius 1 is 1.12 bits per heavy atom. The van der Waals surface area contributed by atoms with Gasteiger partial charge >= 0.3 is 0 Å². The summed E-state index contributed by atoms with van der Waals surface area (Å²) in [7, 11) is 1.90. The standard InChI is InChI=1S/C33H37FN6O3/c1-18(2)40-26(11-14-36-40)31(41)19(3)28(30-24-9-7-22(34)15-27(24)43-17-33(30)12-13-33)32(42)37-23-8-10-25(35-16-23)29-20(4)38-39(6)21(29)5/h7-11,14-16,18-19,28,30H,12-13,17H2,1-6H3,(H,37,42)/t19?,28-,30?/m0/s1. The second kappa shape index (κ2) is 10.7. The van der Waals surface area contributed by atoms with Gasteiger partial charge in [-0.05, 0) is 70.4 Å². The zero-order valence-corrected chi connectivity index (χ0v) is 25.4. The van der Waals surface area contributed by atoms with Gasteiger partial charge in [0.05, 0.1) is 35.8 Å². The highest BCUT2D eigenvalue weighted by atomic mass is 19.1. The van der Waals surface area contributed by atoms with Crippen molar-refractivity contribution < 1.29 is 18.7 Å². The lowest BCUT2D eigenvalue weighted by Crippen LogP contribution is -2.43. The van der Waals surface area contributed by atoms with Crippen molar-refractivity contribution in [1.82, 2.24) is 24.5 Å². The normalized spacial score (nSPS) is 18.2. The molecule has 1 fully saturated rings. The van der Waals surface area contributed by atoms with Crippen molar-refractivity contribution in [3.8, 4) is 17.0 Å². The Morgan fingerprint density at radius 3 is 2.51 bits per heavy atom. The van der Waals surface area contributed by atoms with Gasteiger partial charge < -0.3 is 10.1 Å². The lowest BCUT2D eigenvalue weighted by molar-refractivity contribution is -0.122. The molecule has 3 atom stereocenters. The predicted molar refractivity (Wildman–Crippen MR) is 160 cm³/mol. The van der Waals surface area contributed by atoms with Gasteiger partial charge in [0.1, 0.15) is 17.3 Å². The van der Waals surface area contributed by atoms with Crippen molar-refractivity contribution in [2.24, 2.45) is 24.3 Å². The molecule has 1 aliphatic heterocycles. The molecule has 3 aromatic heterocycles. The molecule has 2 aliphatic rings. The summed E-state index contributed by atoms with van der Waals surface area (Å²) in [4.78, 5) is 33.1. The number of halogens is 1. The Bertz CT molecular complexity index is 1700. The Hall–Kier alpha value is -4.34. The third-order valence-electron chi connectivity index (χ3n) is 9.20. The van der Waals surface area contributed by atoms with Crippen LogP contribution in [0, 0.1) is 36.9 Å². The lowest BCUT2D eigenvalue weighted by atomic mass is 9.67. The van der Waals surface area contributed by atoms with Crippen LogP contribution in [-0.4, -0.2) is 42.8 Å². The number of ketones is 1. The van der Waals surface area contributed by atoms with Gasteiger partial charge in [0.2, 0.25) is 5.91 Å². The van der Waals surface area contributed by atoms with Crippen LogP contribution in [-0.2, 0) is 11.8 Å². The number of Topliss-reactive ketones (excluding diaryl/α,β-unsaturated/α-hetero) is 1. The van der Waals surface area contributed by atoms with Crippen molar-refractivity contribution >= 4 is 17.4 Å². The molecule has 0 radical (unpaired) electrons. The first-order valence-electron chi connectivity index (χ1n) is 14.8. The zero-order chi connectivity index (χ0) is 30.6. The number of hydrogen-bond acceptors (Lipinski definition) is 6. The van der Waals surface area contributed by atoms with Gasteiger partial charge in [-0.15, -0.1) is 0 Å². The maximum Gasteiger partial charge on any atom is 0.228 e. The van der Waals surface area contributed by atoms with Gasteiger partial charge in [0.25, 0.3) is 0 Å². The van der Waals surface area contributed by atoms with Crippen LogP contribution in [0.5, 0.6) is 5.75 Å². The number of rotatable bonds is 8. The van der Waals surface area contributed by atoms with E-state index in [2.05, 4.69) is 20.5 Å². The number of amides is 1. The molecule has 6 rings (SSSR count). The van der Waals surface area contributed by atoms with Crippen molar-refractivity contribution in [2.75, 3.05) is 11.9 Å². The molecule has 43 heavy (non-hydrogen) atoms. The maximum atomic E-state index is 14.4. The highest BCUT2D eigenvalue weighted by Gasteiger charge is 2.59. The van der Waals surface area contributed by atoms with Gasteiger partial charge in [-0.2, -0.15) is 10.2 Å². The zero-order valence-electron chi connectivity index (χ0n) is 25.4. The molecule has 9 nitrogen and oxygen atoms in total. The number of nitrogens with one attached hydrogen (secondary N) is 1. The molecule has 1 saturated carbocycles. The van der Waals surface area contributed by atoms with Crippen molar-refractivity contribution in [3.63, 3.8) is 0 Å². The predicted octanol–water partition coefficient (Wildman–Crippen LogP) is 6.05. The van der Waals surface area contributed by atoms with Gasteiger partial charge in [-0.1, -0.05) is 13.0 Å². The van der Waals surface area contributed by atoms with Crippen molar-refractivity contribution in [1.29, 1.82) is 0 Å². The van der Waals surface area contributed by atoms with Gasteiger partial charge in [-0.25, -0.2) is 4.39 Å². The van der Waals surface area contributed by atoms with Crippen molar-refractivity contribution in [2.45, 2.75) is 59.4 Å². The van der Waals surface area contributed by atoms with E-state index in [0.29, 0.717) is 23.7 Å². The molecule has 0 saturated heterocycles. The third-order valence-corrected chi connectivity index (χ3v) is 9.20. The van der Waals surface area contributed by atoms with Crippen molar-refractivity contribution in [3.05, 3.63) is 77.3 Å². The van der Waals surface area contributed by atoms with Crippen LogP contribution >= 0.6 is 0 Å². The number of aryl methyl sites for hydroxylation is 2. The minimum atomic E-state index is -0.749. The number of pyridine rings is 1. The maximum absolute atomic E-state index is 14.4. The van der Waals surface area contributed by atoms with Gasteiger partial charge in [0, 0.05) is 53.9 Å². The van der Waals surface area contributed by atoms with E-state index < -0.39 is 17.7 Å². The number of ether oxygens (including phenoxy) is 1. The minimum Gasteiger partial charge on any atom is -0.493 e. The van der Waals surface area contributed by atoms with Crippen LogP contribution in [0.15, 0.2) is 48.8 Å². The molecule has 2 unspecified atom stereocenters. The molecular weight excluding hydrogens is 547 g/mol. The fourth-order valence-corrected chi connectivity index (χ4v) is 6.69. The first-order valence-corrected chi connectivity index (χ1v) is 14.8. The molecule has 1 N–H and O–H groups in total. The summed E-state index contributed by atoms with van der Waals surface area (Å²) in [5.74, 6) is -2.19. The SMILES string of the molecule is Cc1nn(C)c(C)c1-c1ccc(NC(=O)[C@@H](C(C)C(=O)c2ccnn2C(C)C)C2c3ccc(F)cc3OCC23CC3)cn1. The molecule has 1 amide bonds. The molecule has 10 heteroatoms. The summed E-state index contributed by atoms with van der Waals surface area (Å²) in [6.45, 7) is 10.1. The number of aromatic nitrogens is 5. The summed E-state index contributed by atoms with van der Waals surface area (Å²) in [5.41, 5.74) is 5.06. The monoisotopic (exact) mass is 584 g/mol. The van der Waals surface area contributed by atoms with Crippen LogP contribution in [0.3, 0.4) is 0 Å². The number of carbonyl (C=O) groups is 2. The number of hydrogen-bond donors (Lipinski definition) is 1. The molecule has 1 aromatic carbocycles. The topological polar surface area (TPSA) is 104 Å². The molecule has 1 spiro atoms. The number of carbonyl (C=O) groups excluding carboxylic acids is 2. The Balaban J connectivity index is 1.37. The molecule has 4 aromatic rings. The summed E-state index contributed by atoms with van der Waals surface area (Å²) >= 11 is 0. The number of anilines is 1. The van der Waals surface area contributed by atoms with E-state index in [4.69, 9.17) is 4.74 Å². The Morgan fingerprint density at radius 2 is 1.88 bits per heavy atom. The van der Waals surface area contributed by atoms with E-state index in [1.807, 2.05) is 58.5 Å². The number of nitrogens with zero attached hydrogens (tertiary/aromatic N) is 5. The Labute approximate surface area is 250 Å². The minimum absolute atomic E-state index is 0.0216. The quantitative estimate of drug-likeness (QED) is 0.253. The smallest absolute Gasteiger partial charge is 0.228 e. The van der Waals surface area contributed by atoms with Crippen LogP contribution in [0.2, 0.25) is 0 Å². The van der Waals surface area contributed by atoms with Crippen LogP contribution < -0.4 is 10.1 Å². The molecule has 4 heterocycles. The van der Waals surface area contributed by atoms with E-state index in [0.717, 1.165) is 41.1 Å².